The van der Waals surface area contributed by atoms with Crippen LogP contribution in [0.1, 0.15) is 119 Å². The highest BCUT2D eigenvalue weighted by Crippen LogP contribution is 2.54. The van der Waals surface area contributed by atoms with Crippen LogP contribution in [0.3, 0.4) is 0 Å². The molecule has 1 saturated carbocycles. The molecular weight excluding hydrogens is 1090 g/mol. The Morgan fingerprint density at radius 3 is 2.21 bits per heavy atom. The number of nitrogens with one attached hydrogen (secondary N) is 1. The standard InChI is InChI=1S/C59H86N2O18P2/c1-34-14-11-10-12-15-35(2)48(75-7)31-43-22-17-39(6)59(69,79-43)56(66)57(67)61-25-13-16-45-46(50(78-58(68)52(45)61)32-47(62)36(3)27-38(5)54(65)55(77-9)53(64)37(4)26-34)28-40-18-19-41(49(29-40)76-8)30-51(63)60-42-20-23-44(24-21-42)80(70,71)33-81(72,73)74/h10-12,14-15,20-21,23-24,27,34,36-37,39-41,43,45-46,48-50,52,54-55,65,69H,13,16-19,22,25-26,28-33H2,1-9H3,(H,60,63)(H,70,71)(H2,72,73,74)/b12-10+,14-11+,35-15+,38-27+/t34-,36?,37?,39?,40?,41+,43+,45-,46?,48+,49?,50+,52?,54?,55+,59?/m1/s1. The first-order valence-corrected chi connectivity index (χ1v) is 32.0. The van der Waals surface area contributed by atoms with E-state index in [1.807, 2.05) is 44.2 Å². The average Bonchev–Trinajstić information content (AvgIpc) is 3.60. The summed E-state index contributed by atoms with van der Waals surface area (Å²) in [6, 6.07) is 4.01. The van der Waals surface area contributed by atoms with E-state index >= 15 is 0 Å². The predicted octanol–water partition coefficient (Wildman–Crippen LogP) is 6.72. The van der Waals surface area contributed by atoms with Gasteiger partial charge in [0, 0.05) is 81.8 Å². The first-order chi connectivity index (χ1) is 38.1. The molecule has 81 heavy (non-hydrogen) atoms. The van der Waals surface area contributed by atoms with E-state index in [-0.39, 0.29) is 66.3 Å². The summed E-state index contributed by atoms with van der Waals surface area (Å²) in [6.45, 7) is 10.6. The molecule has 6 N–H and O–H groups in total. The number of rotatable bonds is 11. The van der Waals surface area contributed by atoms with Gasteiger partial charge in [0.25, 0.3) is 11.7 Å². The minimum atomic E-state index is -4.79. The smallest absolute Gasteiger partial charge is 0.335 e. The van der Waals surface area contributed by atoms with Crippen LogP contribution in [0.5, 0.6) is 0 Å². The number of ether oxygens (including phenoxy) is 5. The van der Waals surface area contributed by atoms with Gasteiger partial charge in [-0.15, -0.1) is 0 Å². The first kappa shape index (κ1) is 65.8. The lowest BCUT2D eigenvalue weighted by Crippen LogP contribution is -2.65. The maximum Gasteiger partial charge on any atom is 0.335 e. The van der Waals surface area contributed by atoms with E-state index in [1.165, 1.54) is 36.3 Å². The fraction of sp³-hybridized carbons (Fsp3) is 0.661. The van der Waals surface area contributed by atoms with Crippen molar-refractivity contribution < 1.29 is 86.5 Å². The van der Waals surface area contributed by atoms with Crippen molar-refractivity contribution >= 4 is 61.1 Å². The highest BCUT2D eigenvalue weighted by molar-refractivity contribution is 7.77. The van der Waals surface area contributed by atoms with E-state index in [1.54, 1.807) is 48.0 Å². The van der Waals surface area contributed by atoms with Crippen LogP contribution in [0.15, 0.2) is 71.9 Å². The zero-order chi connectivity index (χ0) is 59.7. The minimum absolute atomic E-state index is 0.0176. The van der Waals surface area contributed by atoms with E-state index < -0.39 is 117 Å². The number of methoxy groups -OCH3 is 3. The Morgan fingerprint density at radius 2 is 1.56 bits per heavy atom. The van der Waals surface area contributed by atoms with Gasteiger partial charge in [0.1, 0.15) is 36.0 Å². The molecule has 4 bridgehead atoms. The number of fused-ring (bicyclic) bond motifs is 4. The summed E-state index contributed by atoms with van der Waals surface area (Å²) < 4.78 is 54.0. The molecule has 3 saturated heterocycles. The number of anilines is 1. The minimum Gasteiger partial charge on any atom is -0.460 e. The molecule has 0 radical (unpaired) electrons. The third kappa shape index (κ3) is 16.7. The molecule has 0 spiro atoms. The summed E-state index contributed by atoms with van der Waals surface area (Å²) in [6.07, 6.45) is 10.4. The Labute approximate surface area is 476 Å². The van der Waals surface area contributed by atoms with Crippen LogP contribution in [-0.2, 0) is 61.6 Å². The number of Topliss-reactive ketones (excluding diaryl/α,β-unsaturated/α-hetero) is 3. The van der Waals surface area contributed by atoms with Gasteiger partial charge in [0.2, 0.25) is 19.1 Å². The summed E-state index contributed by atoms with van der Waals surface area (Å²) in [4.78, 5) is 115. The highest BCUT2D eigenvalue weighted by Gasteiger charge is 2.57. The summed E-state index contributed by atoms with van der Waals surface area (Å²) >= 11 is 0. The van der Waals surface area contributed by atoms with Gasteiger partial charge in [0.15, 0.2) is 5.78 Å². The second-order valence-corrected chi connectivity index (χ2v) is 27.9. The molecule has 4 fully saturated rings. The van der Waals surface area contributed by atoms with Crippen LogP contribution in [0.2, 0.25) is 0 Å². The maximum atomic E-state index is 14.7. The van der Waals surface area contributed by atoms with Gasteiger partial charge >= 0.3 is 13.6 Å². The van der Waals surface area contributed by atoms with E-state index in [0.29, 0.717) is 69.0 Å². The Kier molecular flexibility index (Phi) is 23.2. The zero-order valence-corrected chi connectivity index (χ0v) is 50.0. The van der Waals surface area contributed by atoms with Crippen molar-refractivity contribution in [1.82, 2.24) is 4.90 Å². The normalized spacial score (nSPS) is 37.5. The van der Waals surface area contributed by atoms with Crippen LogP contribution in [0, 0.1) is 47.3 Å². The molecule has 22 heteroatoms. The quantitative estimate of drug-likeness (QED) is 0.0580. The number of hydrogen-bond acceptors (Lipinski definition) is 15. The van der Waals surface area contributed by atoms with Gasteiger partial charge in [-0.25, -0.2) is 4.79 Å². The Bertz CT molecular complexity index is 2650. The second kappa shape index (κ2) is 28.5. The number of amides is 2. The van der Waals surface area contributed by atoms with Crippen molar-refractivity contribution in [2.75, 3.05) is 39.1 Å². The Balaban J connectivity index is 1.27. The monoisotopic (exact) mass is 1170 g/mol. The van der Waals surface area contributed by atoms with Crippen molar-refractivity contribution in [2.45, 2.75) is 167 Å². The van der Waals surface area contributed by atoms with Crippen molar-refractivity contribution in [2.24, 2.45) is 47.3 Å². The largest absolute Gasteiger partial charge is 0.460 e. The van der Waals surface area contributed by atoms with Gasteiger partial charge < -0.3 is 58.8 Å². The summed E-state index contributed by atoms with van der Waals surface area (Å²) in [7, 11) is -4.69. The van der Waals surface area contributed by atoms with Gasteiger partial charge in [-0.3, -0.25) is 33.1 Å². The molecule has 2 amide bonds. The number of carbonyl (C=O) groups excluding carboxylic acids is 6. The fourth-order valence-corrected chi connectivity index (χ4v) is 16.1. The number of hydrogen-bond donors (Lipinski definition) is 6. The highest BCUT2D eigenvalue weighted by atomic mass is 31.2. The molecule has 1 aliphatic carbocycles. The number of aliphatic hydroxyl groups is 2. The van der Waals surface area contributed by atoms with Crippen LogP contribution >= 0.6 is 15.0 Å². The number of carbonyl (C=O) groups is 6. The SMILES string of the molecule is COC1CC(CC2[C@H]3CCCN4C(=O)C(=O)C5(O)O[C@@H](CCC5C)C[C@H](OC)/C(C)=C/C=C/C=C/[C@@H](C)CC(C)C(=O)[C@H](OC)C(O)/C(C)=C/C(C)C(=O)C[C@@H]2OC(=O)C34)CC[C@H]1CC(=O)Nc1ccc(P(=O)(O)CP(=O)(O)O)cc1. The molecule has 4 heterocycles. The predicted molar refractivity (Wildman–Crippen MR) is 302 cm³/mol. The summed E-state index contributed by atoms with van der Waals surface area (Å²) in [5, 5.41) is 26.3. The van der Waals surface area contributed by atoms with E-state index in [0.717, 1.165) is 5.57 Å². The second-order valence-electron chi connectivity index (χ2n) is 23.5. The van der Waals surface area contributed by atoms with Gasteiger partial charge in [-0.05, 0) is 131 Å². The number of ketones is 3. The van der Waals surface area contributed by atoms with E-state index in [9.17, 15) is 62.8 Å². The van der Waals surface area contributed by atoms with Gasteiger partial charge in [-0.2, -0.15) is 0 Å². The number of aliphatic hydroxyl groups excluding tert-OH is 1. The maximum absolute atomic E-state index is 14.7. The Hall–Kier alpha value is -4.30. The lowest BCUT2D eigenvalue weighted by molar-refractivity contribution is -0.266. The van der Waals surface area contributed by atoms with Crippen molar-refractivity contribution in [1.29, 1.82) is 0 Å². The Morgan fingerprint density at radius 1 is 0.852 bits per heavy atom. The molecule has 450 valence electrons. The fourth-order valence-electron chi connectivity index (χ4n) is 12.8. The number of nitrogens with zero attached hydrogens (tertiary/aromatic N) is 1. The zero-order valence-electron chi connectivity index (χ0n) is 48.2. The number of benzene rings is 1. The molecule has 0 aromatic heterocycles. The number of esters is 1. The number of piperidine rings is 1. The third-order valence-corrected chi connectivity index (χ3v) is 21.6. The van der Waals surface area contributed by atoms with E-state index in [4.69, 9.17) is 23.7 Å². The molecule has 4 aliphatic heterocycles. The number of allylic oxidation sites excluding steroid dienone is 6. The molecule has 1 aromatic carbocycles. The lowest BCUT2D eigenvalue weighted by atomic mass is 9.67. The molecule has 17 atom stereocenters. The van der Waals surface area contributed by atoms with Crippen molar-refractivity contribution in [3.8, 4) is 0 Å². The van der Waals surface area contributed by atoms with Gasteiger partial charge in [-0.1, -0.05) is 64.2 Å². The lowest BCUT2D eigenvalue weighted by Gasteiger charge is -2.50. The molecular formula is C59H86N2O18P2. The first-order valence-electron chi connectivity index (χ1n) is 28.4. The van der Waals surface area contributed by atoms with Gasteiger partial charge in [0.05, 0.1) is 18.3 Å². The molecule has 6 rings (SSSR count). The van der Waals surface area contributed by atoms with Crippen molar-refractivity contribution in [3.05, 3.63) is 71.9 Å². The molecule has 10 unspecified atom stereocenters. The van der Waals surface area contributed by atoms with Crippen LogP contribution < -0.4 is 10.6 Å². The topological polar surface area (TPSA) is 299 Å². The van der Waals surface area contributed by atoms with Crippen LogP contribution in [0.25, 0.3) is 0 Å². The summed E-state index contributed by atoms with van der Waals surface area (Å²) in [5.74, 6) is -11.2. The van der Waals surface area contributed by atoms with E-state index in [2.05, 4.69) is 5.32 Å². The van der Waals surface area contributed by atoms with Crippen LogP contribution in [0.4, 0.5) is 5.69 Å². The van der Waals surface area contributed by atoms with Crippen molar-refractivity contribution in [3.63, 3.8) is 0 Å². The molecule has 1 aromatic rings. The average molecular weight is 1170 g/mol. The third-order valence-electron chi connectivity index (χ3n) is 17.5. The van der Waals surface area contributed by atoms with Crippen LogP contribution in [-0.4, -0.2) is 147 Å². The molecule has 5 aliphatic rings. The molecule has 20 nitrogen and oxygen atoms in total. The summed E-state index contributed by atoms with van der Waals surface area (Å²) in [5.41, 5.74) is 1.50.